The van der Waals surface area contributed by atoms with E-state index in [-0.39, 0.29) is 29.7 Å². The van der Waals surface area contributed by atoms with E-state index >= 15 is 0 Å². The maximum Gasteiger partial charge on any atom is 0.270 e. The van der Waals surface area contributed by atoms with Gasteiger partial charge in [0, 0.05) is 17.7 Å². The fourth-order valence-corrected chi connectivity index (χ4v) is 2.56. The number of nitrogens with zero attached hydrogens (tertiary/aromatic N) is 1. The van der Waals surface area contributed by atoms with E-state index < -0.39 is 10.8 Å². The summed E-state index contributed by atoms with van der Waals surface area (Å²) in [6, 6.07) is 14.9. The minimum atomic E-state index is -0.571. The molecule has 2 aromatic rings. The molecule has 1 atom stereocenters. The number of nitro benzene ring substituents is 1. The molecule has 0 bridgehead atoms. The van der Waals surface area contributed by atoms with Crippen LogP contribution >= 0.6 is 0 Å². The highest BCUT2D eigenvalue weighted by molar-refractivity contribution is 5.97. The second kappa shape index (κ2) is 9.31. The van der Waals surface area contributed by atoms with Crippen molar-refractivity contribution in [3.63, 3.8) is 0 Å². The summed E-state index contributed by atoms with van der Waals surface area (Å²) in [5.74, 6) is -0.846. The van der Waals surface area contributed by atoms with Crippen LogP contribution in [-0.4, -0.2) is 23.3 Å². The molecule has 2 N–H and O–H groups in total. The van der Waals surface area contributed by atoms with Gasteiger partial charge in [0.15, 0.2) is 0 Å². The van der Waals surface area contributed by atoms with Crippen LogP contribution in [0.2, 0.25) is 0 Å². The van der Waals surface area contributed by atoms with Gasteiger partial charge in [-0.05, 0) is 18.1 Å². The van der Waals surface area contributed by atoms with Crippen LogP contribution in [0, 0.1) is 10.1 Å². The molecule has 7 nitrogen and oxygen atoms in total. The van der Waals surface area contributed by atoms with Gasteiger partial charge in [0.1, 0.15) is 0 Å². The van der Waals surface area contributed by atoms with Crippen LogP contribution in [0.3, 0.4) is 0 Å². The van der Waals surface area contributed by atoms with E-state index in [4.69, 9.17) is 0 Å². The molecule has 0 aliphatic carbocycles. The lowest BCUT2D eigenvalue weighted by atomic mass is 10.0. The Bertz CT molecular complexity index is 777. The van der Waals surface area contributed by atoms with Crippen LogP contribution < -0.4 is 10.6 Å². The Morgan fingerprint density at radius 3 is 2.50 bits per heavy atom. The standard InChI is InChI=1S/C19H21N3O4/c1-2-7-17(14-8-4-3-5-9-14)21-18(23)13-20-19(24)15-10-6-11-16(12-15)22(25)26/h3-6,8-12,17H,2,7,13H2,1H3,(H,20,24)(H,21,23). The summed E-state index contributed by atoms with van der Waals surface area (Å²) in [4.78, 5) is 34.5. The van der Waals surface area contributed by atoms with Crippen LogP contribution in [0.5, 0.6) is 0 Å². The molecular formula is C19H21N3O4. The first kappa shape index (κ1) is 19.1. The molecule has 1 unspecified atom stereocenters. The third kappa shape index (κ3) is 5.41. The van der Waals surface area contributed by atoms with E-state index in [1.165, 1.54) is 24.3 Å². The number of nitro groups is 1. The highest BCUT2D eigenvalue weighted by atomic mass is 16.6. The SMILES string of the molecule is CCCC(NC(=O)CNC(=O)c1cccc([N+](=O)[O-])c1)c1ccccc1. The maximum absolute atomic E-state index is 12.2. The molecule has 0 aromatic heterocycles. The number of rotatable bonds is 8. The highest BCUT2D eigenvalue weighted by Gasteiger charge is 2.15. The number of benzene rings is 2. The Balaban J connectivity index is 1.93. The van der Waals surface area contributed by atoms with Gasteiger partial charge in [0.2, 0.25) is 5.91 Å². The van der Waals surface area contributed by atoms with Crippen LogP contribution in [0.4, 0.5) is 5.69 Å². The van der Waals surface area contributed by atoms with Gasteiger partial charge >= 0.3 is 0 Å². The van der Waals surface area contributed by atoms with Crippen molar-refractivity contribution in [2.45, 2.75) is 25.8 Å². The predicted molar refractivity (Wildman–Crippen MR) is 97.7 cm³/mol. The van der Waals surface area contributed by atoms with Crippen molar-refractivity contribution in [3.05, 3.63) is 75.8 Å². The lowest BCUT2D eigenvalue weighted by molar-refractivity contribution is -0.384. The molecule has 0 radical (unpaired) electrons. The average molecular weight is 355 g/mol. The quantitative estimate of drug-likeness (QED) is 0.561. The van der Waals surface area contributed by atoms with Crippen molar-refractivity contribution in [1.29, 1.82) is 0 Å². The summed E-state index contributed by atoms with van der Waals surface area (Å²) in [5.41, 5.74) is 0.974. The summed E-state index contributed by atoms with van der Waals surface area (Å²) in [7, 11) is 0. The molecule has 26 heavy (non-hydrogen) atoms. The van der Waals surface area contributed by atoms with Gasteiger partial charge in [0.25, 0.3) is 11.6 Å². The summed E-state index contributed by atoms with van der Waals surface area (Å²) in [6.07, 6.45) is 1.69. The van der Waals surface area contributed by atoms with E-state index in [0.717, 1.165) is 18.4 Å². The van der Waals surface area contributed by atoms with Crippen molar-refractivity contribution in [3.8, 4) is 0 Å². The third-order valence-electron chi connectivity index (χ3n) is 3.84. The molecule has 2 aromatic carbocycles. The number of nitrogens with one attached hydrogen (secondary N) is 2. The number of non-ortho nitro benzene ring substituents is 1. The van der Waals surface area contributed by atoms with Crippen LogP contribution in [0.15, 0.2) is 54.6 Å². The second-order valence-corrected chi connectivity index (χ2v) is 5.81. The molecule has 2 rings (SSSR count). The number of hydrogen-bond donors (Lipinski definition) is 2. The van der Waals surface area contributed by atoms with E-state index in [9.17, 15) is 19.7 Å². The van der Waals surface area contributed by atoms with Gasteiger partial charge in [-0.15, -0.1) is 0 Å². The first-order valence-corrected chi connectivity index (χ1v) is 8.38. The number of hydrogen-bond acceptors (Lipinski definition) is 4. The molecular weight excluding hydrogens is 334 g/mol. The topological polar surface area (TPSA) is 101 Å². The monoisotopic (exact) mass is 355 g/mol. The largest absolute Gasteiger partial charge is 0.348 e. The van der Waals surface area contributed by atoms with Gasteiger partial charge in [0.05, 0.1) is 17.5 Å². The zero-order valence-corrected chi connectivity index (χ0v) is 14.5. The van der Waals surface area contributed by atoms with Crippen molar-refractivity contribution in [1.82, 2.24) is 10.6 Å². The van der Waals surface area contributed by atoms with Crippen molar-refractivity contribution in [2.75, 3.05) is 6.54 Å². The molecule has 0 fully saturated rings. The predicted octanol–water partition coefficient (Wildman–Crippen LogP) is 2.98. The summed E-state index contributed by atoms with van der Waals surface area (Å²) in [6.45, 7) is 1.83. The van der Waals surface area contributed by atoms with Crippen LogP contribution in [0.1, 0.15) is 41.7 Å². The number of carbonyl (C=O) groups is 2. The zero-order chi connectivity index (χ0) is 18.9. The fraction of sp³-hybridized carbons (Fsp3) is 0.263. The fourth-order valence-electron chi connectivity index (χ4n) is 2.56. The van der Waals surface area contributed by atoms with E-state index in [0.29, 0.717) is 0 Å². The average Bonchev–Trinajstić information content (AvgIpc) is 2.66. The van der Waals surface area contributed by atoms with Crippen LogP contribution in [-0.2, 0) is 4.79 Å². The summed E-state index contributed by atoms with van der Waals surface area (Å²) >= 11 is 0. The molecule has 0 spiro atoms. The molecule has 136 valence electrons. The van der Waals surface area contributed by atoms with E-state index in [2.05, 4.69) is 10.6 Å². The lowest BCUT2D eigenvalue weighted by Gasteiger charge is -2.18. The molecule has 0 aliphatic heterocycles. The van der Waals surface area contributed by atoms with Crippen molar-refractivity contribution < 1.29 is 14.5 Å². The third-order valence-corrected chi connectivity index (χ3v) is 3.84. The summed E-state index contributed by atoms with van der Waals surface area (Å²) in [5, 5.41) is 16.2. The molecule has 7 heteroatoms. The van der Waals surface area contributed by atoms with Crippen LogP contribution in [0.25, 0.3) is 0 Å². The van der Waals surface area contributed by atoms with Gasteiger partial charge in [-0.2, -0.15) is 0 Å². The lowest BCUT2D eigenvalue weighted by Crippen LogP contribution is -2.38. The Kier molecular flexibility index (Phi) is 6.84. The molecule has 0 aliphatic rings. The van der Waals surface area contributed by atoms with Gasteiger partial charge in [-0.3, -0.25) is 19.7 Å². The van der Waals surface area contributed by atoms with Gasteiger partial charge in [-0.1, -0.05) is 49.7 Å². The zero-order valence-electron chi connectivity index (χ0n) is 14.5. The highest BCUT2D eigenvalue weighted by Crippen LogP contribution is 2.18. The van der Waals surface area contributed by atoms with Gasteiger partial charge in [-0.25, -0.2) is 0 Å². The van der Waals surface area contributed by atoms with E-state index in [1.54, 1.807) is 0 Å². The smallest absolute Gasteiger partial charge is 0.270 e. The first-order chi connectivity index (χ1) is 12.5. The first-order valence-electron chi connectivity index (χ1n) is 8.38. The molecule has 0 heterocycles. The molecule has 0 saturated heterocycles. The minimum Gasteiger partial charge on any atom is -0.348 e. The Labute approximate surface area is 151 Å². The minimum absolute atomic E-state index is 0.122. The number of amides is 2. The normalized spacial score (nSPS) is 11.4. The Hall–Kier alpha value is -3.22. The van der Waals surface area contributed by atoms with Crippen molar-refractivity contribution in [2.24, 2.45) is 0 Å². The molecule has 2 amide bonds. The summed E-state index contributed by atoms with van der Waals surface area (Å²) < 4.78 is 0. The number of carbonyl (C=O) groups excluding carboxylic acids is 2. The Morgan fingerprint density at radius 2 is 1.85 bits per heavy atom. The second-order valence-electron chi connectivity index (χ2n) is 5.81. The molecule has 0 saturated carbocycles. The van der Waals surface area contributed by atoms with Crippen molar-refractivity contribution >= 4 is 17.5 Å². The maximum atomic E-state index is 12.2. The van der Waals surface area contributed by atoms with E-state index in [1.807, 2.05) is 37.3 Å². The Morgan fingerprint density at radius 1 is 1.12 bits per heavy atom. The van der Waals surface area contributed by atoms with Gasteiger partial charge < -0.3 is 10.6 Å².